The van der Waals surface area contributed by atoms with Gasteiger partial charge in [-0.2, -0.15) is 0 Å². The largest absolute Gasteiger partial charge is 0.382 e. The number of ether oxygens (including phenoxy) is 1. The molecule has 0 bridgehead atoms. The Bertz CT molecular complexity index is 1530. The van der Waals surface area contributed by atoms with Crippen LogP contribution in [0.1, 0.15) is 23.9 Å². The molecule has 5 aromatic rings. The van der Waals surface area contributed by atoms with Crippen LogP contribution in [-0.2, 0) is 35.4 Å². The molecule has 3 heterocycles. The van der Waals surface area contributed by atoms with Gasteiger partial charge >= 0.3 is 0 Å². The average Bonchev–Trinajstić information content (AvgIpc) is 3.26. The number of benzene rings is 2. The van der Waals surface area contributed by atoms with Gasteiger partial charge in [0.1, 0.15) is 17.9 Å². The number of nitrogens with two attached hydrogens (primary N) is 1. The van der Waals surface area contributed by atoms with Crippen LogP contribution >= 0.6 is 0 Å². The summed E-state index contributed by atoms with van der Waals surface area (Å²) in [5, 5.41) is 0.980. The zero-order valence-electron chi connectivity index (χ0n) is 20.3. The molecule has 0 aliphatic carbocycles. The Balaban J connectivity index is 1.60. The Morgan fingerprint density at radius 2 is 1.86 bits per heavy atom. The van der Waals surface area contributed by atoms with E-state index in [4.69, 9.17) is 15.5 Å². The van der Waals surface area contributed by atoms with Crippen molar-refractivity contribution in [1.29, 1.82) is 0 Å². The third-order valence-electron chi connectivity index (χ3n) is 6.06. The highest BCUT2D eigenvalue weighted by Gasteiger charge is 2.18. The number of fused-ring (bicyclic) bond motifs is 3. The SMILES string of the molecule is CCOCc1nc2c(N)nc3cc(-c4cccnc4)ccc3c2n1Cc1ccc(CNS(C)=O)cc1. The molecule has 0 spiro atoms. The minimum Gasteiger partial charge on any atom is -0.382 e. The summed E-state index contributed by atoms with van der Waals surface area (Å²) in [7, 11) is -1.05. The second-order valence-corrected chi connectivity index (χ2v) is 9.71. The summed E-state index contributed by atoms with van der Waals surface area (Å²) in [5.41, 5.74) is 13.1. The third kappa shape index (κ3) is 4.99. The Kier molecular flexibility index (Phi) is 7.04. The van der Waals surface area contributed by atoms with Crippen LogP contribution in [0, 0.1) is 0 Å². The maximum absolute atomic E-state index is 11.3. The first-order valence-electron chi connectivity index (χ1n) is 11.7. The van der Waals surface area contributed by atoms with Crippen molar-refractivity contribution in [3.63, 3.8) is 0 Å². The fraction of sp³-hybridized carbons (Fsp3) is 0.222. The predicted octanol–water partition coefficient (Wildman–Crippen LogP) is 4.20. The molecule has 0 amide bonds. The van der Waals surface area contributed by atoms with Crippen LogP contribution in [0.25, 0.3) is 33.1 Å². The third-order valence-corrected chi connectivity index (χ3v) is 6.61. The zero-order chi connectivity index (χ0) is 25.1. The Morgan fingerprint density at radius 1 is 1.06 bits per heavy atom. The van der Waals surface area contributed by atoms with E-state index in [0.29, 0.717) is 37.6 Å². The summed E-state index contributed by atoms with van der Waals surface area (Å²) in [5.74, 6) is 1.20. The molecule has 2 aromatic carbocycles. The number of nitrogens with zero attached hydrogens (tertiary/aromatic N) is 4. The number of aromatic nitrogens is 4. The van der Waals surface area contributed by atoms with Crippen molar-refractivity contribution in [3.8, 4) is 11.1 Å². The monoisotopic (exact) mass is 500 g/mol. The van der Waals surface area contributed by atoms with Gasteiger partial charge in [0.2, 0.25) is 0 Å². The molecule has 0 radical (unpaired) electrons. The minimum absolute atomic E-state index is 0.379. The van der Waals surface area contributed by atoms with Crippen LogP contribution in [-0.4, -0.2) is 36.6 Å². The fourth-order valence-electron chi connectivity index (χ4n) is 4.27. The van der Waals surface area contributed by atoms with E-state index < -0.39 is 11.0 Å². The maximum Gasteiger partial charge on any atom is 0.152 e. The van der Waals surface area contributed by atoms with E-state index in [1.54, 1.807) is 12.5 Å². The van der Waals surface area contributed by atoms with E-state index >= 15 is 0 Å². The molecule has 0 aliphatic rings. The second-order valence-electron chi connectivity index (χ2n) is 8.51. The lowest BCUT2D eigenvalue weighted by atomic mass is 10.0. The Labute approximate surface area is 212 Å². The summed E-state index contributed by atoms with van der Waals surface area (Å²) < 4.78 is 22.2. The van der Waals surface area contributed by atoms with Gasteiger partial charge in [-0.05, 0) is 35.7 Å². The van der Waals surface area contributed by atoms with Gasteiger partial charge in [0, 0.05) is 49.3 Å². The van der Waals surface area contributed by atoms with Crippen molar-refractivity contribution in [2.75, 3.05) is 18.6 Å². The fourth-order valence-corrected chi connectivity index (χ4v) is 4.64. The number of pyridine rings is 2. The smallest absolute Gasteiger partial charge is 0.152 e. The van der Waals surface area contributed by atoms with Crippen LogP contribution in [0.15, 0.2) is 67.0 Å². The molecular weight excluding hydrogens is 472 g/mol. The number of nitrogen functional groups attached to an aromatic ring is 1. The van der Waals surface area contributed by atoms with Gasteiger partial charge in [0.25, 0.3) is 0 Å². The normalized spacial score (nSPS) is 12.4. The average molecular weight is 501 g/mol. The van der Waals surface area contributed by atoms with Crippen molar-refractivity contribution >= 4 is 38.7 Å². The van der Waals surface area contributed by atoms with Gasteiger partial charge < -0.3 is 15.0 Å². The van der Waals surface area contributed by atoms with Crippen LogP contribution in [0.4, 0.5) is 5.82 Å². The quantitative estimate of drug-likeness (QED) is 0.314. The first kappa shape index (κ1) is 24.1. The predicted molar refractivity (Wildman–Crippen MR) is 144 cm³/mol. The van der Waals surface area contributed by atoms with Gasteiger partial charge in [0.15, 0.2) is 5.82 Å². The molecule has 0 aliphatic heterocycles. The van der Waals surface area contributed by atoms with E-state index in [-0.39, 0.29) is 0 Å². The molecule has 3 N–H and O–H groups in total. The molecule has 8 nitrogen and oxygen atoms in total. The highest BCUT2D eigenvalue weighted by Crippen LogP contribution is 2.32. The van der Waals surface area contributed by atoms with E-state index in [1.807, 2.05) is 43.5 Å². The van der Waals surface area contributed by atoms with Crippen molar-refractivity contribution in [3.05, 3.63) is 83.9 Å². The van der Waals surface area contributed by atoms with Gasteiger partial charge in [-0.25, -0.2) is 18.9 Å². The number of rotatable bonds is 9. The van der Waals surface area contributed by atoms with Gasteiger partial charge in [-0.1, -0.05) is 42.5 Å². The van der Waals surface area contributed by atoms with Crippen molar-refractivity contribution < 1.29 is 8.95 Å². The maximum atomic E-state index is 11.3. The Hall–Kier alpha value is -3.66. The van der Waals surface area contributed by atoms with Gasteiger partial charge in [-0.3, -0.25) is 4.98 Å². The number of imidazole rings is 1. The van der Waals surface area contributed by atoms with Crippen LogP contribution < -0.4 is 10.5 Å². The molecule has 0 saturated carbocycles. The molecule has 0 saturated heterocycles. The van der Waals surface area contributed by atoms with E-state index in [9.17, 15) is 4.21 Å². The molecule has 36 heavy (non-hydrogen) atoms. The van der Waals surface area contributed by atoms with E-state index in [2.05, 4.69) is 43.5 Å². The second kappa shape index (κ2) is 10.5. The van der Waals surface area contributed by atoms with Gasteiger partial charge in [0.05, 0.1) is 22.0 Å². The summed E-state index contributed by atoms with van der Waals surface area (Å²) in [6, 6.07) is 18.4. The summed E-state index contributed by atoms with van der Waals surface area (Å²) >= 11 is 0. The molecule has 0 fully saturated rings. The number of hydrogen-bond donors (Lipinski definition) is 2. The summed E-state index contributed by atoms with van der Waals surface area (Å²) in [4.78, 5) is 13.8. The molecule has 1 unspecified atom stereocenters. The van der Waals surface area contributed by atoms with Crippen LogP contribution in [0.3, 0.4) is 0 Å². The highest BCUT2D eigenvalue weighted by atomic mass is 32.2. The molecular formula is C27H28N6O2S. The van der Waals surface area contributed by atoms with Crippen LogP contribution in [0.2, 0.25) is 0 Å². The zero-order valence-corrected chi connectivity index (χ0v) is 21.1. The first-order valence-corrected chi connectivity index (χ1v) is 13.3. The summed E-state index contributed by atoms with van der Waals surface area (Å²) in [6.07, 6.45) is 5.23. The van der Waals surface area contributed by atoms with Crippen LogP contribution in [0.5, 0.6) is 0 Å². The highest BCUT2D eigenvalue weighted by molar-refractivity contribution is 7.82. The molecule has 1 atom stereocenters. The summed E-state index contributed by atoms with van der Waals surface area (Å²) in [6.45, 7) is 4.10. The van der Waals surface area contributed by atoms with Crippen molar-refractivity contribution in [2.24, 2.45) is 0 Å². The number of hydrogen-bond acceptors (Lipinski definition) is 6. The first-order chi connectivity index (χ1) is 17.5. The van der Waals surface area contributed by atoms with Crippen molar-refractivity contribution in [1.82, 2.24) is 24.2 Å². The molecule has 5 rings (SSSR count). The molecule has 9 heteroatoms. The lowest BCUT2D eigenvalue weighted by Crippen LogP contribution is -2.14. The number of nitrogens with one attached hydrogen (secondary N) is 1. The number of anilines is 1. The lowest BCUT2D eigenvalue weighted by Gasteiger charge is -2.12. The molecule has 184 valence electrons. The topological polar surface area (TPSA) is 108 Å². The van der Waals surface area contributed by atoms with Crippen molar-refractivity contribution in [2.45, 2.75) is 26.6 Å². The molecule has 3 aromatic heterocycles. The lowest BCUT2D eigenvalue weighted by molar-refractivity contribution is 0.126. The van der Waals surface area contributed by atoms with E-state index in [0.717, 1.165) is 44.5 Å². The minimum atomic E-state index is -1.05. The standard InChI is InChI=1S/C27H28N6O2S/c1-3-35-17-24-32-25-26(33(24)16-19-8-6-18(7-9-19)14-30-36(2)34)22-11-10-20(13-23(22)31-27(25)28)21-5-4-12-29-15-21/h4-13,15,30H,3,14,16-17H2,1-2H3,(H2,28,31). The van der Waals surface area contributed by atoms with Gasteiger partial charge in [-0.15, -0.1) is 0 Å². The Morgan fingerprint density at radius 3 is 2.58 bits per heavy atom. The van der Waals surface area contributed by atoms with E-state index in [1.165, 1.54) is 0 Å².